The SMILES string of the molecule is COc1ccc(C=CC(=O)NCCCCCCCCCC[P+](c2ccccc2)(c2ccccc2)c2ccccc2)cc1OC. The summed E-state index contributed by atoms with van der Waals surface area (Å²) in [5, 5.41) is 7.42. The van der Waals surface area contributed by atoms with Gasteiger partial charge in [-0.25, -0.2) is 0 Å². The van der Waals surface area contributed by atoms with E-state index in [1.165, 1.54) is 60.6 Å². The third kappa shape index (κ3) is 9.31. The lowest BCUT2D eigenvalue weighted by molar-refractivity contribution is -0.116. The summed E-state index contributed by atoms with van der Waals surface area (Å²) in [5.41, 5.74) is 0.894. The predicted molar refractivity (Wildman–Crippen MR) is 189 cm³/mol. The minimum Gasteiger partial charge on any atom is -0.493 e. The smallest absolute Gasteiger partial charge is 0.243 e. The minimum absolute atomic E-state index is 0.0693. The zero-order valence-corrected chi connectivity index (χ0v) is 27.2. The molecule has 0 fully saturated rings. The van der Waals surface area contributed by atoms with Crippen LogP contribution in [0.2, 0.25) is 0 Å². The fourth-order valence-corrected chi connectivity index (χ4v) is 10.2. The minimum atomic E-state index is -1.72. The van der Waals surface area contributed by atoms with E-state index in [9.17, 15) is 4.79 Å². The number of rotatable bonds is 18. The van der Waals surface area contributed by atoms with E-state index in [1.807, 2.05) is 18.2 Å². The van der Waals surface area contributed by atoms with E-state index in [2.05, 4.69) is 96.3 Å². The van der Waals surface area contributed by atoms with E-state index in [4.69, 9.17) is 9.47 Å². The highest BCUT2D eigenvalue weighted by Crippen LogP contribution is 2.56. The first-order valence-electron chi connectivity index (χ1n) is 15.9. The van der Waals surface area contributed by atoms with Crippen LogP contribution in [0.25, 0.3) is 6.08 Å². The molecule has 0 radical (unpaired) electrons. The van der Waals surface area contributed by atoms with Crippen LogP contribution in [0.1, 0.15) is 56.9 Å². The van der Waals surface area contributed by atoms with E-state index in [0.29, 0.717) is 18.0 Å². The predicted octanol–water partition coefficient (Wildman–Crippen LogP) is 7.95. The Labute approximate surface area is 264 Å². The van der Waals surface area contributed by atoms with Crippen molar-refractivity contribution >= 4 is 35.2 Å². The Balaban J connectivity index is 1.16. The molecule has 0 saturated heterocycles. The second-order valence-corrected chi connectivity index (χ2v) is 14.7. The standard InChI is InChI=1S/C39H46NO3P/c1-42-37-28-26-33(32-38(37)43-2)27-29-39(41)40-30-18-7-5-3-4-6-8-19-31-44(34-20-12-9-13-21-34,35-22-14-10-15-23-35)36-24-16-11-17-25-36/h9-17,20-29,32H,3-8,18-19,30-31H2,1-2H3/p+1. The molecule has 0 aliphatic carbocycles. The Bertz CT molecular complexity index is 1330. The van der Waals surface area contributed by atoms with Gasteiger partial charge < -0.3 is 14.8 Å². The average molecular weight is 609 g/mol. The van der Waals surface area contributed by atoms with Crippen molar-refractivity contribution in [1.29, 1.82) is 0 Å². The molecular formula is C39H47NO3P+. The third-order valence-corrected chi connectivity index (χ3v) is 12.7. The highest BCUT2D eigenvalue weighted by molar-refractivity contribution is 7.95. The normalized spacial score (nSPS) is 11.4. The molecule has 0 spiro atoms. The van der Waals surface area contributed by atoms with Gasteiger partial charge in [-0.3, -0.25) is 4.79 Å². The van der Waals surface area contributed by atoms with Crippen molar-refractivity contribution in [2.24, 2.45) is 0 Å². The zero-order valence-electron chi connectivity index (χ0n) is 26.3. The summed E-state index contributed by atoms with van der Waals surface area (Å²) in [7, 11) is 1.50. The van der Waals surface area contributed by atoms with Crippen LogP contribution in [0.4, 0.5) is 0 Å². The summed E-state index contributed by atoms with van der Waals surface area (Å²) in [5.74, 6) is 1.25. The number of hydrogen-bond acceptors (Lipinski definition) is 3. The molecule has 1 N–H and O–H groups in total. The van der Waals surface area contributed by atoms with E-state index >= 15 is 0 Å². The second kappa shape index (κ2) is 18.0. The number of benzene rings is 4. The molecule has 0 atom stereocenters. The second-order valence-electron chi connectivity index (χ2n) is 11.1. The van der Waals surface area contributed by atoms with Crippen molar-refractivity contribution in [3.05, 3.63) is 121 Å². The van der Waals surface area contributed by atoms with Gasteiger partial charge in [-0.05, 0) is 79.4 Å². The first kappa shape index (κ1) is 33.0. The largest absolute Gasteiger partial charge is 0.493 e. The van der Waals surface area contributed by atoms with Crippen LogP contribution in [0.3, 0.4) is 0 Å². The molecule has 0 unspecified atom stereocenters. The van der Waals surface area contributed by atoms with Gasteiger partial charge in [0.15, 0.2) is 11.5 Å². The summed E-state index contributed by atoms with van der Waals surface area (Å²) < 4.78 is 10.6. The zero-order chi connectivity index (χ0) is 30.9. The molecule has 4 nitrogen and oxygen atoms in total. The van der Waals surface area contributed by atoms with E-state index < -0.39 is 7.26 Å². The lowest BCUT2D eigenvalue weighted by atomic mass is 10.1. The van der Waals surface area contributed by atoms with Crippen molar-refractivity contribution in [2.45, 2.75) is 51.4 Å². The maximum absolute atomic E-state index is 12.2. The van der Waals surface area contributed by atoms with Crippen LogP contribution >= 0.6 is 7.26 Å². The first-order valence-corrected chi connectivity index (χ1v) is 17.9. The lowest BCUT2D eigenvalue weighted by Gasteiger charge is -2.27. The van der Waals surface area contributed by atoms with Gasteiger partial charge in [-0.1, -0.05) is 92.8 Å². The molecule has 0 saturated carbocycles. The molecular weight excluding hydrogens is 561 g/mol. The Morgan fingerprint density at radius 2 is 1.09 bits per heavy atom. The van der Waals surface area contributed by atoms with Gasteiger partial charge in [0.1, 0.15) is 23.2 Å². The number of hydrogen-bond donors (Lipinski definition) is 1. The molecule has 4 aromatic carbocycles. The van der Waals surface area contributed by atoms with Crippen molar-refractivity contribution < 1.29 is 14.3 Å². The van der Waals surface area contributed by atoms with Gasteiger partial charge >= 0.3 is 0 Å². The molecule has 44 heavy (non-hydrogen) atoms. The average Bonchev–Trinajstić information content (AvgIpc) is 3.09. The third-order valence-electron chi connectivity index (χ3n) is 8.15. The molecule has 1 amide bonds. The van der Waals surface area contributed by atoms with Gasteiger partial charge in [0.25, 0.3) is 0 Å². The molecule has 0 heterocycles. The van der Waals surface area contributed by atoms with Gasteiger partial charge in [0, 0.05) is 12.6 Å². The molecule has 4 aromatic rings. The van der Waals surface area contributed by atoms with Crippen molar-refractivity contribution in [2.75, 3.05) is 26.9 Å². The molecule has 4 rings (SSSR count). The van der Waals surface area contributed by atoms with Crippen molar-refractivity contribution in [3.8, 4) is 11.5 Å². The van der Waals surface area contributed by atoms with Crippen LogP contribution in [0.5, 0.6) is 11.5 Å². The van der Waals surface area contributed by atoms with Crippen LogP contribution in [0.15, 0.2) is 115 Å². The summed E-state index contributed by atoms with van der Waals surface area (Å²) in [6.45, 7) is 0.708. The number of methoxy groups -OCH3 is 2. The van der Waals surface area contributed by atoms with E-state index in [0.717, 1.165) is 18.4 Å². The van der Waals surface area contributed by atoms with Crippen molar-refractivity contribution in [3.63, 3.8) is 0 Å². The Morgan fingerprint density at radius 3 is 1.59 bits per heavy atom. The fraction of sp³-hybridized carbons (Fsp3) is 0.308. The van der Waals surface area contributed by atoms with Crippen LogP contribution < -0.4 is 30.7 Å². The summed E-state index contributed by atoms with van der Waals surface area (Å²) in [6, 6.07) is 39.2. The summed E-state index contributed by atoms with van der Waals surface area (Å²) >= 11 is 0. The Hall–Kier alpha value is -3.88. The molecule has 0 bridgehead atoms. The van der Waals surface area contributed by atoms with E-state index in [1.54, 1.807) is 26.4 Å². The fourth-order valence-electron chi connectivity index (χ4n) is 5.82. The van der Waals surface area contributed by atoms with Crippen LogP contribution in [-0.2, 0) is 4.79 Å². The molecule has 0 aliphatic rings. The maximum Gasteiger partial charge on any atom is 0.243 e. The summed E-state index contributed by atoms with van der Waals surface area (Å²) in [4.78, 5) is 12.2. The number of nitrogens with one attached hydrogen (secondary N) is 1. The Kier molecular flexibility index (Phi) is 13.5. The topological polar surface area (TPSA) is 47.6 Å². The lowest BCUT2D eigenvalue weighted by Crippen LogP contribution is -2.33. The van der Waals surface area contributed by atoms with Gasteiger partial charge in [-0.2, -0.15) is 0 Å². The maximum atomic E-state index is 12.2. The van der Waals surface area contributed by atoms with Gasteiger partial charge in [-0.15, -0.1) is 0 Å². The number of amides is 1. The van der Waals surface area contributed by atoms with Crippen LogP contribution in [0, 0.1) is 0 Å². The quantitative estimate of drug-likeness (QED) is 0.0709. The van der Waals surface area contributed by atoms with E-state index in [-0.39, 0.29) is 5.91 Å². The highest BCUT2D eigenvalue weighted by atomic mass is 31.2. The molecule has 0 aromatic heterocycles. The number of carbonyl (C=O) groups excluding carboxylic acids is 1. The molecule has 0 aliphatic heterocycles. The summed E-state index contributed by atoms with van der Waals surface area (Å²) in [6.07, 6.45) is 14.2. The molecule has 230 valence electrons. The number of unbranched alkanes of at least 4 members (excludes halogenated alkanes) is 7. The number of carbonyl (C=O) groups is 1. The number of ether oxygens (including phenoxy) is 2. The van der Waals surface area contributed by atoms with Gasteiger partial charge in [0.05, 0.1) is 20.4 Å². The van der Waals surface area contributed by atoms with Crippen LogP contribution in [-0.4, -0.2) is 32.8 Å². The highest BCUT2D eigenvalue weighted by Gasteiger charge is 2.44. The van der Waals surface area contributed by atoms with Gasteiger partial charge in [0.2, 0.25) is 5.91 Å². The monoisotopic (exact) mass is 608 g/mol. The Morgan fingerprint density at radius 1 is 0.614 bits per heavy atom. The van der Waals surface area contributed by atoms with Crippen molar-refractivity contribution in [1.82, 2.24) is 5.32 Å². The molecule has 5 heteroatoms. The first-order chi connectivity index (χ1) is 21.7.